The molecule has 0 spiro atoms. The Morgan fingerprint density at radius 1 is 1.25 bits per heavy atom. The number of nitrogens with one attached hydrogen (secondary N) is 1. The van der Waals surface area contributed by atoms with Gasteiger partial charge in [0.25, 0.3) is 0 Å². The summed E-state index contributed by atoms with van der Waals surface area (Å²) >= 11 is 0. The molecule has 1 aromatic carbocycles. The molecule has 0 bridgehead atoms. The van der Waals surface area contributed by atoms with E-state index < -0.39 is 0 Å². The third-order valence-corrected chi connectivity index (χ3v) is 2.13. The Bertz CT molecular complexity index is 534. The van der Waals surface area contributed by atoms with E-state index >= 15 is 0 Å². The van der Waals surface area contributed by atoms with Crippen molar-refractivity contribution in [2.45, 2.75) is 6.42 Å². The van der Waals surface area contributed by atoms with Gasteiger partial charge < -0.3 is 9.84 Å². The number of hydrogen-bond donors (Lipinski definition) is 1. The van der Waals surface area contributed by atoms with Gasteiger partial charge in [-0.1, -0.05) is 12.1 Å². The van der Waals surface area contributed by atoms with E-state index in [4.69, 9.17) is 4.42 Å². The summed E-state index contributed by atoms with van der Waals surface area (Å²) in [7, 11) is 0. The van der Waals surface area contributed by atoms with Crippen molar-refractivity contribution in [1.82, 2.24) is 5.43 Å². The second-order valence-electron chi connectivity index (χ2n) is 3.29. The molecule has 0 aliphatic carbocycles. The SMILES string of the molecule is C1=NNCC1.O=c1ccoc2ccccc12. The Kier molecular flexibility index (Phi) is 3.33. The topological polar surface area (TPSA) is 54.6 Å². The van der Waals surface area contributed by atoms with Gasteiger partial charge >= 0.3 is 0 Å². The van der Waals surface area contributed by atoms with E-state index in [1.54, 1.807) is 12.1 Å². The number of fused-ring (bicyclic) bond motifs is 1. The van der Waals surface area contributed by atoms with Crippen LogP contribution in [0.25, 0.3) is 11.0 Å². The van der Waals surface area contributed by atoms with Crippen molar-refractivity contribution in [2.75, 3.05) is 6.54 Å². The number of rotatable bonds is 0. The zero-order chi connectivity index (χ0) is 11.2. The van der Waals surface area contributed by atoms with Crippen LogP contribution in [0.3, 0.4) is 0 Å². The molecule has 3 rings (SSSR count). The minimum absolute atomic E-state index is 0.00634. The van der Waals surface area contributed by atoms with Crippen LogP contribution in [0.1, 0.15) is 6.42 Å². The number of nitrogens with zero attached hydrogens (tertiary/aromatic N) is 1. The van der Waals surface area contributed by atoms with Gasteiger partial charge in [0.1, 0.15) is 5.58 Å². The summed E-state index contributed by atoms with van der Waals surface area (Å²) in [5, 5.41) is 4.34. The van der Waals surface area contributed by atoms with Crippen LogP contribution in [0.15, 0.2) is 50.9 Å². The van der Waals surface area contributed by atoms with Crippen LogP contribution in [-0.2, 0) is 0 Å². The van der Waals surface area contributed by atoms with Crippen LogP contribution in [0.4, 0.5) is 0 Å². The molecule has 2 aromatic rings. The van der Waals surface area contributed by atoms with Gasteiger partial charge in [0.15, 0.2) is 5.43 Å². The van der Waals surface area contributed by atoms with Crippen LogP contribution < -0.4 is 10.9 Å². The predicted octanol–water partition coefficient (Wildman–Crippen LogP) is 1.76. The summed E-state index contributed by atoms with van der Waals surface area (Å²) in [5.74, 6) is 0. The van der Waals surface area contributed by atoms with E-state index in [9.17, 15) is 4.79 Å². The number of hydrazone groups is 1. The summed E-state index contributed by atoms with van der Waals surface area (Å²) in [6, 6.07) is 8.60. The van der Waals surface area contributed by atoms with Crippen molar-refractivity contribution in [3.63, 3.8) is 0 Å². The summed E-state index contributed by atoms with van der Waals surface area (Å²) in [4.78, 5) is 11.1. The van der Waals surface area contributed by atoms with Crippen LogP contribution in [0.5, 0.6) is 0 Å². The summed E-state index contributed by atoms with van der Waals surface area (Å²) in [6.45, 7) is 1.03. The summed E-state index contributed by atoms with van der Waals surface area (Å²) < 4.78 is 5.09. The third-order valence-electron chi connectivity index (χ3n) is 2.13. The zero-order valence-electron chi connectivity index (χ0n) is 8.72. The first-order chi connectivity index (χ1) is 7.88. The Labute approximate surface area is 92.6 Å². The molecule has 0 radical (unpaired) electrons. The molecule has 1 aliphatic rings. The lowest BCUT2D eigenvalue weighted by Crippen LogP contribution is -1.96. The van der Waals surface area contributed by atoms with E-state index in [0.717, 1.165) is 13.0 Å². The third kappa shape index (κ3) is 2.48. The molecule has 82 valence electrons. The first kappa shape index (κ1) is 10.4. The van der Waals surface area contributed by atoms with Gasteiger partial charge in [0, 0.05) is 25.2 Å². The van der Waals surface area contributed by atoms with Crippen molar-refractivity contribution < 1.29 is 4.42 Å². The average molecular weight is 216 g/mol. The number of benzene rings is 1. The number of hydrogen-bond acceptors (Lipinski definition) is 4. The second-order valence-corrected chi connectivity index (χ2v) is 3.29. The first-order valence-corrected chi connectivity index (χ1v) is 5.09. The normalized spacial score (nSPS) is 13.0. The molecule has 0 saturated heterocycles. The highest BCUT2D eigenvalue weighted by atomic mass is 16.3. The van der Waals surface area contributed by atoms with Crippen molar-refractivity contribution in [2.24, 2.45) is 5.10 Å². The van der Waals surface area contributed by atoms with Gasteiger partial charge in [-0.2, -0.15) is 5.10 Å². The maximum absolute atomic E-state index is 11.1. The average Bonchev–Trinajstić information content (AvgIpc) is 2.88. The van der Waals surface area contributed by atoms with Gasteiger partial charge in [0.05, 0.1) is 11.6 Å². The largest absolute Gasteiger partial charge is 0.464 e. The molecule has 2 heterocycles. The van der Waals surface area contributed by atoms with Gasteiger partial charge in [-0.3, -0.25) is 4.79 Å². The number of para-hydroxylation sites is 1. The zero-order valence-corrected chi connectivity index (χ0v) is 8.72. The Balaban J connectivity index is 0.000000162. The molecule has 1 N–H and O–H groups in total. The molecule has 4 nitrogen and oxygen atoms in total. The molecule has 0 unspecified atom stereocenters. The highest BCUT2D eigenvalue weighted by molar-refractivity contribution is 5.75. The maximum atomic E-state index is 11.1. The lowest BCUT2D eigenvalue weighted by Gasteiger charge is -1.91. The molecule has 1 aromatic heterocycles. The van der Waals surface area contributed by atoms with Crippen LogP contribution in [-0.4, -0.2) is 12.8 Å². The fraction of sp³-hybridized carbons (Fsp3) is 0.167. The second kappa shape index (κ2) is 5.11. The molecule has 1 aliphatic heterocycles. The Hall–Kier alpha value is -2.10. The highest BCUT2D eigenvalue weighted by Crippen LogP contribution is 2.06. The van der Waals surface area contributed by atoms with E-state index in [-0.39, 0.29) is 5.43 Å². The van der Waals surface area contributed by atoms with Crippen LogP contribution in [0.2, 0.25) is 0 Å². The fourth-order valence-corrected chi connectivity index (χ4v) is 1.35. The highest BCUT2D eigenvalue weighted by Gasteiger charge is 1.95. The lowest BCUT2D eigenvalue weighted by molar-refractivity contribution is 0.602. The van der Waals surface area contributed by atoms with Gasteiger partial charge in [-0.25, -0.2) is 0 Å². The van der Waals surface area contributed by atoms with Crippen molar-refractivity contribution in [1.29, 1.82) is 0 Å². The molecule has 0 atom stereocenters. The Morgan fingerprint density at radius 2 is 2.12 bits per heavy atom. The minimum atomic E-state index is 0.00634. The van der Waals surface area contributed by atoms with Crippen LogP contribution >= 0.6 is 0 Å². The quantitative estimate of drug-likeness (QED) is 0.730. The van der Waals surface area contributed by atoms with Gasteiger partial charge in [0.2, 0.25) is 0 Å². The monoisotopic (exact) mass is 216 g/mol. The fourth-order valence-electron chi connectivity index (χ4n) is 1.35. The van der Waals surface area contributed by atoms with Gasteiger partial charge in [-0.05, 0) is 12.1 Å². The van der Waals surface area contributed by atoms with Crippen molar-refractivity contribution >= 4 is 17.2 Å². The van der Waals surface area contributed by atoms with Gasteiger partial charge in [-0.15, -0.1) is 0 Å². The Morgan fingerprint density at radius 3 is 2.75 bits per heavy atom. The first-order valence-electron chi connectivity index (χ1n) is 5.09. The smallest absolute Gasteiger partial charge is 0.192 e. The molecule has 0 fully saturated rings. The van der Waals surface area contributed by atoms with E-state index in [1.165, 1.54) is 12.3 Å². The van der Waals surface area contributed by atoms with E-state index in [1.807, 2.05) is 18.3 Å². The lowest BCUT2D eigenvalue weighted by atomic mass is 10.2. The molecular weight excluding hydrogens is 204 g/mol. The minimum Gasteiger partial charge on any atom is -0.464 e. The van der Waals surface area contributed by atoms with Crippen molar-refractivity contribution in [3.8, 4) is 0 Å². The van der Waals surface area contributed by atoms with Crippen molar-refractivity contribution in [3.05, 3.63) is 46.8 Å². The van der Waals surface area contributed by atoms with E-state index in [0.29, 0.717) is 11.0 Å². The molecule has 0 amide bonds. The van der Waals surface area contributed by atoms with Crippen LogP contribution in [0, 0.1) is 0 Å². The maximum Gasteiger partial charge on any atom is 0.192 e. The molecule has 16 heavy (non-hydrogen) atoms. The molecule has 4 heteroatoms. The standard InChI is InChI=1S/C9H6O2.C3H6N2/c10-8-5-6-11-9-4-2-1-3-7(8)9;1-2-4-5-3-1/h1-6H;2,5H,1,3H2. The summed E-state index contributed by atoms with van der Waals surface area (Å²) in [5.41, 5.74) is 3.44. The van der Waals surface area contributed by atoms with E-state index in [2.05, 4.69) is 10.5 Å². The summed E-state index contributed by atoms with van der Waals surface area (Å²) in [6.07, 6.45) is 4.38. The predicted molar refractivity (Wildman–Crippen MR) is 63.6 cm³/mol. The molecular formula is C12H12N2O2. The molecule has 0 saturated carbocycles.